The fourth-order valence-corrected chi connectivity index (χ4v) is 3.32. The fraction of sp³-hybridized carbons (Fsp3) is 0.533. The van der Waals surface area contributed by atoms with Crippen LogP contribution >= 0.6 is 23.2 Å². The average molecular weight is 328 g/mol. The van der Waals surface area contributed by atoms with Gasteiger partial charge in [-0.2, -0.15) is 0 Å². The van der Waals surface area contributed by atoms with Gasteiger partial charge in [0.15, 0.2) is 5.96 Å². The van der Waals surface area contributed by atoms with Crippen molar-refractivity contribution in [2.24, 2.45) is 10.7 Å². The van der Waals surface area contributed by atoms with E-state index in [0.717, 1.165) is 31.6 Å². The highest BCUT2D eigenvalue weighted by Gasteiger charge is 2.41. The lowest BCUT2D eigenvalue weighted by molar-refractivity contribution is 0.0690. The summed E-state index contributed by atoms with van der Waals surface area (Å²) in [4.78, 5) is 6.56. The molecule has 0 bridgehead atoms. The van der Waals surface area contributed by atoms with Crippen molar-refractivity contribution in [3.8, 4) is 0 Å². The number of aliphatic imine (C=N–C) groups is 1. The zero-order chi connectivity index (χ0) is 15.0. The Morgan fingerprint density at radius 1 is 1.43 bits per heavy atom. The third-order valence-corrected chi connectivity index (χ3v) is 5.11. The number of benzene rings is 1. The number of rotatable bonds is 3. The first kappa shape index (κ1) is 14.9. The molecule has 21 heavy (non-hydrogen) atoms. The summed E-state index contributed by atoms with van der Waals surface area (Å²) in [6.07, 6.45) is 2.40. The van der Waals surface area contributed by atoms with Crippen LogP contribution in [0.15, 0.2) is 23.2 Å². The number of ether oxygens (including phenoxy) is 1. The van der Waals surface area contributed by atoms with Gasteiger partial charge >= 0.3 is 0 Å². The minimum atomic E-state index is -0.301. The summed E-state index contributed by atoms with van der Waals surface area (Å²) in [6, 6.07) is 5.72. The summed E-state index contributed by atoms with van der Waals surface area (Å²) in [7, 11) is 0. The van der Waals surface area contributed by atoms with Gasteiger partial charge in [0.05, 0.1) is 28.2 Å². The third-order valence-electron chi connectivity index (χ3n) is 4.37. The molecule has 114 valence electrons. The Morgan fingerprint density at radius 2 is 2.24 bits per heavy atom. The molecule has 1 saturated heterocycles. The monoisotopic (exact) mass is 327 g/mol. The van der Waals surface area contributed by atoms with E-state index in [1.165, 1.54) is 0 Å². The zero-order valence-electron chi connectivity index (χ0n) is 12.0. The normalized spacial score (nSPS) is 29.0. The van der Waals surface area contributed by atoms with Crippen molar-refractivity contribution < 1.29 is 4.74 Å². The number of nitrogens with zero attached hydrogens (tertiary/aromatic N) is 2. The maximum absolute atomic E-state index is 6.16. The topological polar surface area (TPSA) is 50.8 Å². The first-order valence-corrected chi connectivity index (χ1v) is 7.91. The van der Waals surface area contributed by atoms with E-state index >= 15 is 0 Å². The fourth-order valence-electron chi connectivity index (χ4n) is 3.02. The predicted octanol–water partition coefficient (Wildman–Crippen LogP) is 3.02. The van der Waals surface area contributed by atoms with Gasteiger partial charge in [-0.1, -0.05) is 29.3 Å². The molecule has 6 heteroatoms. The van der Waals surface area contributed by atoms with Gasteiger partial charge in [-0.15, -0.1) is 0 Å². The highest BCUT2D eigenvalue weighted by atomic mass is 35.5. The van der Waals surface area contributed by atoms with Crippen LogP contribution in [0.2, 0.25) is 10.0 Å². The average Bonchev–Trinajstić information content (AvgIpc) is 3.06. The van der Waals surface area contributed by atoms with Crippen LogP contribution in [0.3, 0.4) is 0 Å². The summed E-state index contributed by atoms with van der Waals surface area (Å²) in [6.45, 7) is 4.33. The Bertz CT molecular complexity index is 572. The van der Waals surface area contributed by atoms with Gasteiger partial charge in [0, 0.05) is 13.2 Å². The van der Waals surface area contributed by atoms with Crippen LogP contribution < -0.4 is 5.73 Å². The SMILES string of the molecule is CC1(c2ccc(Cl)c(Cl)c2)CN=C(N)N1CC1CCCO1. The number of hydrogen-bond acceptors (Lipinski definition) is 4. The van der Waals surface area contributed by atoms with Crippen molar-refractivity contribution in [2.75, 3.05) is 19.7 Å². The van der Waals surface area contributed by atoms with Crippen molar-refractivity contribution in [3.63, 3.8) is 0 Å². The zero-order valence-corrected chi connectivity index (χ0v) is 13.5. The molecular weight excluding hydrogens is 309 g/mol. The molecule has 4 nitrogen and oxygen atoms in total. The molecule has 1 fully saturated rings. The van der Waals surface area contributed by atoms with Crippen molar-refractivity contribution in [2.45, 2.75) is 31.4 Å². The number of nitrogens with two attached hydrogens (primary N) is 1. The molecule has 0 spiro atoms. The van der Waals surface area contributed by atoms with Gasteiger partial charge < -0.3 is 15.4 Å². The number of hydrogen-bond donors (Lipinski definition) is 1. The first-order chi connectivity index (χ1) is 10.0. The molecule has 1 aromatic carbocycles. The van der Waals surface area contributed by atoms with Gasteiger partial charge in [0.2, 0.25) is 0 Å². The molecular formula is C15H19Cl2N3O. The molecule has 2 aliphatic heterocycles. The molecule has 2 atom stereocenters. The molecule has 2 aliphatic rings. The maximum Gasteiger partial charge on any atom is 0.192 e. The van der Waals surface area contributed by atoms with Crippen molar-refractivity contribution in [1.29, 1.82) is 0 Å². The first-order valence-electron chi connectivity index (χ1n) is 7.15. The highest BCUT2D eigenvalue weighted by molar-refractivity contribution is 6.42. The Kier molecular flexibility index (Phi) is 4.04. The Hall–Kier alpha value is -0.970. The Balaban J connectivity index is 1.88. The number of halogens is 2. The standard InChI is InChI=1S/C15H19Cl2N3O/c1-15(10-4-5-12(16)13(17)7-10)9-19-14(18)20(15)8-11-3-2-6-21-11/h4-5,7,11H,2-3,6,8-9H2,1H3,(H2,18,19). The molecule has 0 saturated carbocycles. The van der Waals surface area contributed by atoms with Gasteiger partial charge in [0.1, 0.15) is 0 Å². The summed E-state index contributed by atoms with van der Waals surface area (Å²) in [5.74, 6) is 0.569. The Morgan fingerprint density at radius 3 is 2.90 bits per heavy atom. The second-order valence-electron chi connectivity index (χ2n) is 5.82. The Labute approximate surface area is 134 Å². The number of guanidine groups is 1. The van der Waals surface area contributed by atoms with Crippen LogP contribution in [0.4, 0.5) is 0 Å². The highest BCUT2D eigenvalue weighted by Crippen LogP contribution is 2.36. The van der Waals surface area contributed by atoms with Crippen LogP contribution in [0.25, 0.3) is 0 Å². The van der Waals surface area contributed by atoms with Gasteiger partial charge in [-0.3, -0.25) is 4.99 Å². The van der Waals surface area contributed by atoms with Crippen LogP contribution in [0, 0.1) is 0 Å². The van der Waals surface area contributed by atoms with Gasteiger partial charge in [-0.05, 0) is 37.5 Å². The molecule has 2 N–H and O–H groups in total. The van der Waals surface area contributed by atoms with E-state index in [1.54, 1.807) is 0 Å². The molecule has 2 heterocycles. The second-order valence-corrected chi connectivity index (χ2v) is 6.64. The largest absolute Gasteiger partial charge is 0.376 e. The minimum absolute atomic E-state index is 0.221. The summed E-state index contributed by atoms with van der Waals surface area (Å²) in [5, 5.41) is 1.11. The predicted molar refractivity (Wildman–Crippen MR) is 86.0 cm³/mol. The van der Waals surface area contributed by atoms with E-state index in [4.69, 9.17) is 33.7 Å². The molecule has 3 rings (SSSR count). The molecule has 0 amide bonds. The van der Waals surface area contributed by atoms with E-state index < -0.39 is 0 Å². The lowest BCUT2D eigenvalue weighted by atomic mass is 9.90. The van der Waals surface area contributed by atoms with E-state index in [2.05, 4.69) is 16.8 Å². The van der Waals surface area contributed by atoms with E-state index in [1.807, 2.05) is 18.2 Å². The van der Waals surface area contributed by atoms with Crippen LogP contribution in [0.1, 0.15) is 25.3 Å². The molecule has 0 aliphatic carbocycles. The third kappa shape index (κ3) is 2.72. The van der Waals surface area contributed by atoms with E-state index in [-0.39, 0.29) is 11.6 Å². The second kappa shape index (κ2) is 5.67. The molecule has 0 radical (unpaired) electrons. The molecule has 0 aromatic heterocycles. The van der Waals surface area contributed by atoms with Crippen molar-refractivity contribution in [1.82, 2.24) is 4.90 Å². The lowest BCUT2D eigenvalue weighted by Crippen LogP contribution is -2.50. The smallest absolute Gasteiger partial charge is 0.192 e. The quantitative estimate of drug-likeness (QED) is 0.928. The lowest BCUT2D eigenvalue weighted by Gasteiger charge is -2.38. The van der Waals surface area contributed by atoms with Crippen LogP contribution in [0.5, 0.6) is 0 Å². The van der Waals surface area contributed by atoms with Crippen molar-refractivity contribution >= 4 is 29.2 Å². The summed E-state index contributed by atoms with van der Waals surface area (Å²) >= 11 is 12.2. The maximum atomic E-state index is 6.16. The van der Waals surface area contributed by atoms with E-state index in [0.29, 0.717) is 22.5 Å². The molecule has 2 unspecified atom stereocenters. The van der Waals surface area contributed by atoms with Crippen molar-refractivity contribution in [3.05, 3.63) is 33.8 Å². The van der Waals surface area contributed by atoms with Gasteiger partial charge in [0.25, 0.3) is 0 Å². The van der Waals surface area contributed by atoms with Crippen LogP contribution in [-0.2, 0) is 10.3 Å². The summed E-state index contributed by atoms with van der Waals surface area (Å²) in [5.41, 5.74) is 6.87. The summed E-state index contributed by atoms with van der Waals surface area (Å²) < 4.78 is 5.74. The van der Waals surface area contributed by atoms with Crippen LogP contribution in [-0.4, -0.2) is 36.7 Å². The molecule has 1 aromatic rings. The van der Waals surface area contributed by atoms with E-state index in [9.17, 15) is 0 Å². The van der Waals surface area contributed by atoms with Gasteiger partial charge in [-0.25, -0.2) is 0 Å². The minimum Gasteiger partial charge on any atom is -0.376 e.